The van der Waals surface area contributed by atoms with Crippen LogP contribution in [-0.4, -0.2) is 29.2 Å². The summed E-state index contributed by atoms with van der Waals surface area (Å²) in [6.45, 7) is 1.51. The summed E-state index contributed by atoms with van der Waals surface area (Å²) in [5.74, 6) is -0.449. The maximum absolute atomic E-state index is 12.1. The van der Waals surface area contributed by atoms with Crippen molar-refractivity contribution in [3.63, 3.8) is 0 Å². The topological polar surface area (TPSA) is 141 Å². The van der Waals surface area contributed by atoms with E-state index in [1.54, 1.807) is 0 Å². The van der Waals surface area contributed by atoms with E-state index in [4.69, 9.17) is 4.42 Å². The lowest BCUT2D eigenvalue weighted by Gasteiger charge is -2.04. The number of hydrogen-bond acceptors (Lipinski definition) is 8. The lowest BCUT2D eigenvalue weighted by molar-refractivity contribution is -0.384. The molecule has 0 bridgehead atoms. The number of rotatable bonds is 5. The van der Waals surface area contributed by atoms with Gasteiger partial charge in [0.15, 0.2) is 21.1 Å². The van der Waals surface area contributed by atoms with Gasteiger partial charge >= 0.3 is 5.63 Å². The smallest absolute Gasteiger partial charge is 0.362 e. The highest BCUT2D eigenvalue weighted by Crippen LogP contribution is 2.21. The van der Waals surface area contributed by atoms with Gasteiger partial charge in [-0.2, -0.15) is 0 Å². The summed E-state index contributed by atoms with van der Waals surface area (Å²) in [6.07, 6.45) is 1.05. The number of fused-ring (bicyclic) bond motifs is 1. The molecule has 2 aromatic carbocycles. The van der Waals surface area contributed by atoms with E-state index in [1.807, 2.05) is 0 Å². The van der Waals surface area contributed by atoms with Gasteiger partial charge < -0.3 is 9.52 Å². The van der Waals surface area contributed by atoms with Crippen molar-refractivity contribution < 1.29 is 22.9 Å². The largest absolute Gasteiger partial charge is 0.507 e. The first-order valence-electron chi connectivity index (χ1n) is 8.04. The third kappa shape index (κ3) is 3.76. The van der Waals surface area contributed by atoms with Crippen molar-refractivity contribution in [3.05, 3.63) is 74.3 Å². The van der Waals surface area contributed by atoms with Gasteiger partial charge in [0, 0.05) is 23.8 Å². The molecule has 144 valence electrons. The van der Waals surface area contributed by atoms with Crippen molar-refractivity contribution in [1.82, 2.24) is 4.98 Å². The Bertz CT molecular complexity index is 1260. The van der Waals surface area contributed by atoms with E-state index < -0.39 is 20.4 Å². The number of aromatic nitrogens is 1. The number of aliphatic hydroxyl groups is 1. The predicted molar refractivity (Wildman–Crippen MR) is 102 cm³/mol. The molecule has 3 rings (SSSR count). The number of benzene rings is 2. The number of sulfone groups is 1. The standard InChI is InChI=1S/C18H14N2O7S/c1-2-28(25,26)13-7-8-17-14(9-13)19-15(18(22)27-17)10-16(21)11-3-5-12(6-4-11)20(23)24/h3-10,21H,2H2,1H3/b16-10-. The number of aliphatic hydroxyl groups excluding tert-OH is 1. The molecule has 0 saturated heterocycles. The van der Waals surface area contributed by atoms with Crippen LogP contribution in [0.5, 0.6) is 0 Å². The summed E-state index contributed by atoms with van der Waals surface area (Å²) < 4.78 is 29.2. The van der Waals surface area contributed by atoms with Crippen molar-refractivity contribution in [2.45, 2.75) is 11.8 Å². The summed E-state index contributed by atoms with van der Waals surface area (Å²) in [5, 5.41) is 20.9. The number of hydrogen-bond donors (Lipinski definition) is 1. The van der Waals surface area contributed by atoms with E-state index in [0.717, 1.165) is 6.08 Å². The quantitative estimate of drug-likeness (QED) is 0.390. The van der Waals surface area contributed by atoms with Crippen LogP contribution in [0.2, 0.25) is 0 Å². The molecule has 0 aliphatic rings. The second kappa shape index (κ2) is 7.24. The highest BCUT2D eigenvalue weighted by molar-refractivity contribution is 7.91. The van der Waals surface area contributed by atoms with Gasteiger partial charge in [0.25, 0.3) is 5.69 Å². The molecule has 0 aliphatic heterocycles. The van der Waals surface area contributed by atoms with E-state index in [1.165, 1.54) is 49.4 Å². The summed E-state index contributed by atoms with van der Waals surface area (Å²) in [7, 11) is -3.47. The van der Waals surface area contributed by atoms with Gasteiger partial charge in [0.05, 0.1) is 15.6 Å². The maximum atomic E-state index is 12.1. The SMILES string of the molecule is CCS(=O)(=O)c1ccc2oc(=O)c(/C=C(\O)c3ccc([N+](=O)[O-])cc3)nc2c1. The molecule has 0 unspecified atom stereocenters. The number of nitro benzene ring substituents is 1. The highest BCUT2D eigenvalue weighted by atomic mass is 32.2. The average molecular weight is 402 g/mol. The molecule has 0 spiro atoms. The first-order chi connectivity index (χ1) is 13.2. The second-order valence-electron chi connectivity index (χ2n) is 5.75. The molecule has 0 radical (unpaired) electrons. The minimum Gasteiger partial charge on any atom is -0.507 e. The van der Waals surface area contributed by atoms with Gasteiger partial charge in [-0.25, -0.2) is 18.2 Å². The van der Waals surface area contributed by atoms with Crippen LogP contribution in [0.25, 0.3) is 22.9 Å². The predicted octanol–water partition coefficient (Wildman–Crippen LogP) is 2.95. The fourth-order valence-corrected chi connectivity index (χ4v) is 3.32. The first-order valence-corrected chi connectivity index (χ1v) is 9.69. The van der Waals surface area contributed by atoms with Crippen molar-refractivity contribution in [3.8, 4) is 0 Å². The number of non-ortho nitro benzene ring substituents is 1. The molecule has 0 fully saturated rings. The highest BCUT2D eigenvalue weighted by Gasteiger charge is 2.15. The fourth-order valence-electron chi connectivity index (χ4n) is 2.42. The molecule has 0 atom stereocenters. The van der Waals surface area contributed by atoms with Gasteiger partial charge in [0.1, 0.15) is 11.3 Å². The molecule has 0 saturated carbocycles. The van der Waals surface area contributed by atoms with Crippen LogP contribution in [0.3, 0.4) is 0 Å². The Morgan fingerprint density at radius 3 is 2.54 bits per heavy atom. The minimum atomic E-state index is -3.47. The third-order valence-electron chi connectivity index (χ3n) is 3.97. The van der Waals surface area contributed by atoms with E-state index >= 15 is 0 Å². The van der Waals surface area contributed by atoms with Crippen LogP contribution in [0, 0.1) is 10.1 Å². The normalized spacial score (nSPS) is 12.2. The zero-order chi connectivity index (χ0) is 20.5. The van der Waals surface area contributed by atoms with Crippen LogP contribution >= 0.6 is 0 Å². The summed E-state index contributed by atoms with van der Waals surface area (Å²) in [4.78, 5) is 26.3. The Morgan fingerprint density at radius 1 is 1.25 bits per heavy atom. The summed E-state index contributed by atoms with van der Waals surface area (Å²) in [5.41, 5.74) is -0.746. The molecule has 9 nitrogen and oxygen atoms in total. The molecule has 3 aromatic rings. The Hall–Kier alpha value is -3.53. The van der Waals surface area contributed by atoms with Crippen LogP contribution in [0.15, 0.2) is 56.6 Å². The average Bonchev–Trinajstić information content (AvgIpc) is 2.68. The molecule has 10 heteroatoms. The molecular formula is C18H14N2O7S. The van der Waals surface area contributed by atoms with E-state index in [9.17, 15) is 28.4 Å². The second-order valence-corrected chi connectivity index (χ2v) is 8.03. The molecule has 1 aromatic heterocycles. The van der Waals surface area contributed by atoms with Crippen LogP contribution < -0.4 is 5.63 Å². The van der Waals surface area contributed by atoms with E-state index in [0.29, 0.717) is 0 Å². The van der Waals surface area contributed by atoms with Crippen LogP contribution in [-0.2, 0) is 9.84 Å². The van der Waals surface area contributed by atoms with Gasteiger partial charge in [-0.05, 0) is 30.3 Å². The van der Waals surface area contributed by atoms with Crippen molar-refractivity contribution in [2.24, 2.45) is 0 Å². The van der Waals surface area contributed by atoms with E-state index in [-0.39, 0.29) is 44.5 Å². The number of nitro groups is 1. The summed E-state index contributed by atoms with van der Waals surface area (Å²) >= 11 is 0. The third-order valence-corrected chi connectivity index (χ3v) is 5.70. The molecule has 1 heterocycles. The fraction of sp³-hybridized carbons (Fsp3) is 0.111. The molecule has 0 amide bonds. The summed E-state index contributed by atoms with van der Waals surface area (Å²) in [6, 6.07) is 9.01. The number of nitrogens with zero attached hydrogens (tertiary/aromatic N) is 2. The van der Waals surface area contributed by atoms with Gasteiger partial charge in [-0.3, -0.25) is 10.1 Å². The Morgan fingerprint density at radius 2 is 1.93 bits per heavy atom. The van der Waals surface area contributed by atoms with Crippen LogP contribution in [0.4, 0.5) is 5.69 Å². The molecule has 28 heavy (non-hydrogen) atoms. The zero-order valence-electron chi connectivity index (χ0n) is 14.5. The molecule has 1 N–H and O–H groups in total. The lowest BCUT2D eigenvalue weighted by Crippen LogP contribution is -2.08. The lowest BCUT2D eigenvalue weighted by atomic mass is 10.1. The van der Waals surface area contributed by atoms with Gasteiger partial charge in [0.2, 0.25) is 0 Å². The Labute approximate surface area is 158 Å². The van der Waals surface area contributed by atoms with Gasteiger partial charge in [-0.1, -0.05) is 6.92 Å². The van der Waals surface area contributed by atoms with Crippen molar-refractivity contribution in [1.29, 1.82) is 0 Å². The van der Waals surface area contributed by atoms with Crippen LogP contribution in [0.1, 0.15) is 18.2 Å². The monoisotopic (exact) mass is 402 g/mol. The van der Waals surface area contributed by atoms with E-state index in [2.05, 4.69) is 4.98 Å². The first kappa shape index (κ1) is 19.2. The van der Waals surface area contributed by atoms with Gasteiger partial charge in [-0.15, -0.1) is 0 Å². The Kier molecular flexibility index (Phi) is 4.97. The van der Waals surface area contributed by atoms with Crippen molar-refractivity contribution >= 4 is 38.5 Å². The molecule has 0 aliphatic carbocycles. The molecular weight excluding hydrogens is 388 g/mol. The Balaban J connectivity index is 2.06. The zero-order valence-corrected chi connectivity index (χ0v) is 15.3. The maximum Gasteiger partial charge on any atom is 0.362 e. The minimum absolute atomic E-state index is 0.0402. The van der Waals surface area contributed by atoms with Crippen molar-refractivity contribution in [2.75, 3.05) is 5.75 Å².